The average Bonchev–Trinajstić information content (AvgIpc) is 1.25. The van der Waals surface area contributed by atoms with Crippen molar-refractivity contribution >= 4 is 39.5 Å². The zero-order valence-corrected chi connectivity index (χ0v) is 66.2. The van der Waals surface area contributed by atoms with Gasteiger partial charge >= 0.3 is 39.5 Å². The normalized spacial score (nSPS) is 14.0. The quantitative estimate of drug-likeness (QED) is 0.0169. The summed E-state index contributed by atoms with van der Waals surface area (Å²) in [5.41, 5.74) is 0. The second kappa shape index (κ2) is 74.5. The Labute approximate surface area is 611 Å². The number of aliphatic hydroxyl groups excluding tert-OH is 1. The zero-order valence-electron chi connectivity index (χ0n) is 64.4. The van der Waals surface area contributed by atoms with Gasteiger partial charge in [0.15, 0.2) is 12.2 Å². The Hall–Kier alpha value is -2.72. The number of esters is 4. The molecule has 5 atom stereocenters. The lowest BCUT2D eigenvalue weighted by Crippen LogP contribution is -2.30. The van der Waals surface area contributed by atoms with Crippen LogP contribution in [0, 0.1) is 0 Å². The van der Waals surface area contributed by atoms with Gasteiger partial charge in [-0.3, -0.25) is 37.3 Å². The summed E-state index contributed by atoms with van der Waals surface area (Å²) in [5, 5.41) is 10.6. The van der Waals surface area contributed by atoms with E-state index in [4.69, 9.17) is 37.0 Å². The molecule has 0 aliphatic heterocycles. The number of rotatable bonds is 79. The smallest absolute Gasteiger partial charge is 0.462 e. The Balaban J connectivity index is 5.32. The Morgan fingerprint density at radius 1 is 0.280 bits per heavy atom. The van der Waals surface area contributed by atoms with Crippen LogP contribution in [0.5, 0.6) is 0 Å². The lowest BCUT2D eigenvalue weighted by molar-refractivity contribution is -0.161. The Morgan fingerprint density at radius 3 is 0.770 bits per heavy atom. The molecule has 0 amide bonds. The number of hydrogen-bond acceptors (Lipinski definition) is 15. The molecular formula is C81H152O17P2. The van der Waals surface area contributed by atoms with Gasteiger partial charge in [0.05, 0.1) is 26.4 Å². The predicted octanol–water partition coefficient (Wildman–Crippen LogP) is 23.9. The summed E-state index contributed by atoms with van der Waals surface area (Å²) in [7, 11) is -9.94. The highest BCUT2D eigenvalue weighted by molar-refractivity contribution is 7.47. The molecule has 0 rings (SSSR count). The molecule has 0 saturated heterocycles. The number of ether oxygens (including phenoxy) is 4. The van der Waals surface area contributed by atoms with E-state index in [9.17, 15) is 43.2 Å². The van der Waals surface area contributed by atoms with Crippen molar-refractivity contribution in [3.63, 3.8) is 0 Å². The molecule has 0 aromatic carbocycles. The van der Waals surface area contributed by atoms with Crippen molar-refractivity contribution in [1.82, 2.24) is 0 Å². The molecule has 0 bridgehead atoms. The van der Waals surface area contributed by atoms with Crippen LogP contribution in [-0.2, 0) is 65.4 Å². The minimum Gasteiger partial charge on any atom is -0.462 e. The van der Waals surface area contributed by atoms with Gasteiger partial charge in [-0.2, -0.15) is 0 Å². The molecule has 588 valence electrons. The molecule has 19 heteroatoms. The minimum atomic E-state index is -4.97. The number of allylic oxidation sites excluding steroid dienone is 6. The number of aliphatic hydroxyl groups is 1. The van der Waals surface area contributed by atoms with Gasteiger partial charge in [0.2, 0.25) is 0 Å². The predicted molar refractivity (Wildman–Crippen MR) is 409 cm³/mol. The summed E-state index contributed by atoms with van der Waals surface area (Å²) in [6, 6.07) is 0. The summed E-state index contributed by atoms with van der Waals surface area (Å²) in [6.07, 6.45) is 71.1. The molecule has 100 heavy (non-hydrogen) atoms. The third-order valence-electron chi connectivity index (χ3n) is 18.1. The van der Waals surface area contributed by atoms with E-state index in [0.29, 0.717) is 25.7 Å². The Kier molecular flexibility index (Phi) is 72.5. The van der Waals surface area contributed by atoms with Crippen LogP contribution in [-0.4, -0.2) is 96.7 Å². The van der Waals surface area contributed by atoms with E-state index < -0.39 is 97.5 Å². The van der Waals surface area contributed by atoms with Crippen LogP contribution >= 0.6 is 15.6 Å². The van der Waals surface area contributed by atoms with Crippen molar-refractivity contribution in [2.24, 2.45) is 0 Å². The standard InChI is InChI=1S/C81H152O17P2/c1-5-9-13-17-21-25-29-33-37-41-45-49-53-57-61-65-78(83)91-71-76(97-80(85)67-63-59-55-51-47-43-39-35-31-27-23-19-15-11-7-3)73-95-99(87,88)93-69-75(82)70-94-100(89,90)96-74-77(98-81(86)68-64-60-56-52-48-44-40-36-32-28-24-20-16-12-8-4)72-92-79(84)66-62-58-54-50-46-42-38-34-30-26-22-18-14-10-6-2/h23,27,34-35,38-39,75-77,82H,5-22,24-26,28-33,36-37,40-74H2,1-4H3,(H,87,88)(H,89,90)/b27-23-,38-34-,39-35-/t75-,76-,77-/m1/s1. The maximum atomic E-state index is 13.1. The van der Waals surface area contributed by atoms with Crippen LogP contribution in [0.3, 0.4) is 0 Å². The summed E-state index contributed by atoms with van der Waals surface area (Å²) in [4.78, 5) is 73.0. The maximum Gasteiger partial charge on any atom is 0.472 e. The first kappa shape index (κ1) is 97.3. The van der Waals surface area contributed by atoms with Crippen LogP contribution in [0.1, 0.15) is 400 Å². The Bertz CT molecular complexity index is 2040. The molecule has 0 radical (unpaired) electrons. The third-order valence-corrected chi connectivity index (χ3v) is 20.0. The SMILES string of the molecule is CCCCC/C=C\C/C=C\CCCCCCCC(=O)O[C@H](COC(=O)CCCCCCCCCCCCCCCCC)COP(=O)(O)OC[C@@H](O)COP(=O)(O)OC[C@@H](COC(=O)CCCCCCC/C=C\CCCCCCCC)OC(=O)CCCCCCCCCCCCCCCCC. The molecule has 0 saturated carbocycles. The lowest BCUT2D eigenvalue weighted by atomic mass is 10.0. The zero-order chi connectivity index (χ0) is 73.2. The van der Waals surface area contributed by atoms with Gasteiger partial charge in [0.25, 0.3) is 0 Å². The lowest BCUT2D eigenvalue weighted by Gasteiger charge is -2.21. The molecule has 0 spiro atoms. The first-order chi connectivity index (χ1) is 48.7. The first-order valence-corrected chi connectivity index (χ1v) is 44.2. The number of unbranched alkanes of at least 4 members (excludes halogenated alkanes) is 47. The van der Waals surface area contributed by atoms with Crippen molar-refractivity contribution in [2.45, 2.75) is 418 Å². The fourth-order valence-corrected chi connectivity index (χ4v) is 13.4. The summed E-state index contributed by atoms with van der Waals surface area (Å²) < 4.78 is 68.7. The Morgan fingerprint density at radius 2 is 0.490 bits per heavy atom. The number of phosphoric ester groups is 2. The van der Waals surface area contributed by atoms with Crippen LogP contribution in [0.4, 0.5) is 0 Å². The second-order valence-corrected chi connectivity index (χ2v) is 31.0. The van der Waals surface area contributed by atoms with Crippen molar-refractivity contribution in [1.29, 1.82) is 0 Å². The fourth-order valence-electron chi connectivity index (χ4n) is 11.8. The topological polar surface area (TPSA) is 237 Å². The summed E-state index contributed by atoms with van der Waals surface area (Å²) in [6.45, 7) is 4.93. The van der Waals surface area contributed by atoms with Gasteiger partial charge in [-0.25, -0.2) is 9.13 Å². The summed E-state index contributed by atoms with van der Waals surface area (Å²) in [5.74, 6) is -2.15. The molecular weight excluding hydrogens is 1310 g/mol. The van der Waals surface area contributed by atoms with Gasteiger partial charge in [-0.05, 0) is 83.5 Å². The van der Waals surface area contributed by atoms with Gasteiger partial charge in [0.1, 0.15) is 19.3 Å². The van der Waals surface area contributed by atoms with E-state index in [1.165, 1.54) is 193 Å². The monoisotopic (exact) mass is 1460 g/mol. The minimum absolute atomic E-state index is 0.0864. The first-order valence-electron chi connectivity index (χ1n) is 41.2. The van der Waals surface area contributed by atoms with Crippen LogP contribution in [0.2, 0.25) is 0 Å². The number of hydrogen-bond donors (Lipinski definition) is 3. The molecule has 0 aromatic heterocycles. The third kappa shape index (κ3) is 73.6. The highest BCUT2D eigenvalue weighted by Gasteiger charge is 2.30. The maximum absolute atomic E-state index is 13.1. The van der Waals surface area contributed by atoms with E-state index in [1.807, 2.05) is 0 Å². The highest BCUT2D eigenvalue weighted by Crippen LogP contribution is 2.45. The van der Waals surface area contributed by atoms with E-state index >= 15 is 0 Å². The largest absolute Gasteiger partial charge is 0.472 e. The van der Waals surface area contributed by atoms with Crippen LogP contribution in [0.15, 0.2) is 36.5 Å². The molecule has 3 N–H and O–H groups in total. The average molecular weight is 1460 g/mol. The van der Waals surface area contributed by atoms with Gasteiger partial charge in [-0.1, -0.05) is 327 Å². The molecule has 0 aromatic rings. The highest BCUT2D eigenvalue weighted by atomic mass is 31.2. The van der Waals surface area contributed by atoms with Crippen molar-refractivity contribution < 1.29 is 80.2 Å². The molecule has 0 aliphatic carbocycles. The molecule has 0 fully saturated rings. The molecule has 0 heterocycles. The van der Waals surface area contributed by atoms with Gasteiger partial charge in [0, 0.05) is 25.7 Å². The van der Waals surface area contributed by atoms with Crippen LogP contribution < -0.4 is 0 Å². The van der Waals surface area contributed by atoms with Gasteiger partial charge in [-0.15, -0.1) is 0 Å². The van der Waals surface area contributed by atoms with E-state index in [2.05, 4.69) is 64.2 Å². The van der Waals surface area contributed by atoms with E-state index in [0.717, 1.165) is 128 Å². The van der Waals surface area contributed by atoms with Crippen LogP contribution in [0.25, 0.3) is 0 Å². The number of carbonyl (C=O) groups excluding carboxylic acids is 4. The number of carbonyl (C=O) groups is 4. The summed E-state index contributed by atoms with van der Waals surface area (Å²) >= 11 is 0. The molecule has 17 nitrogen and oxygen atoms in total. The van der Waals surface area contributed by atoms with Gasteiger partial charge < -0.3 is 33.8 Å². The molecule has 2 unspecified atom stereocenters. The van der Waals surface area contributed by atoms with E-state index in [1.54, 1.807) is 0 Å². The second-order valence-electron chi connectivity index (χ2n) is 28.1. The van der Waals surface area contributed by atoms with Crippen molar-refractivity contribution in [2.75, 3.05) is 39.6 Å². The molecule has 0 aliphatic rings. The van der Waals surface area contributed by atoms with Crippen molar-refractivity contribution in [3.8, 4) is 0 Å². The number of phosphoric acid groups is 2. The van der Waals surface area contributed by atoms with E-state index in [-0.39, 0.29) is 25.7 Å². The fraction of sp³-hybridized carbons (Fsp3) is 0.877. The van der Waals surface area contributed by atoms with Crippen molar-refractivity contribution in [3.05, 3.63) is 36.5 Å².